The van der Waals surface area contributed by atoms with Crippen LogP contribution >= 0.6 is 199 Å². The van der Waals surface area contributed by atoms with E-state index < -0.39 is 57.1 Å². The zero-order valence-corrected chi connectivity index (χ0v) is 95.1. The van der Waals surface area contributed by atoms with Gasteiger partial charge in [-0.3, -0.25) is 25.0 Å². The van der Waals surface area contributed by atoms with Gasteiger partial charge in [0.25, 0.3) is 11.4 Å². The van der Waals surface area contributed by atoms with Crippen LogP contribution in [0.4, 0.5) is 32.3 Å². The second-order valence-corrected chi connectivity index (χ2v) is 113. The molecule has 0 bridgehead atoms. The largest absolute Gasteiger partial charge is 0.478 e. The molecule has 0 aliphatic carbocycles. The Morgan fingerprint density at radius 2 is 0.992 bits per heavy atom. The highest BCUT2D eigenvalue weighted by Gasteiger charge is 2.42. The molecular formula is C66H128BN14O19P23S. The smallest absolute Gasteiger partial charge is 0.407 e. The number of rotatable bonds is 45. The minimum absolute atomic E-state index is 0.0565. The summed E-state index contributed by atoms with van der Waals surface area (Å²) in [7, 11) is 41.8. The van der Waals surface area contributed by atoms with Gasteiger partial charge in [0, 0.05) is 73.7 Å². The Morgan fingerprint density at radius 1 is 0.573 bits per heavy atom. The van der Waals surface area contributed by atoms with Crippen molar-refractivity contribution in [2.45, 2.75) is 147 Å². The molecule has 19 atom stereocenters. The van der Waals surface area contributed by atoms with Crippen LogP contribution in [0.25, 0.3) is 0 Å². The van der Waals surface area contributed by atoms with Crippen LogP contribution in [-0.2, 0) is 38.6 Å². The summed E-state index contributed by atoms with van der Waals surface area (Å²) in [4.78, 5) is 110. The number of hydrogen-bond acceptors (Lipinski definition) is 25. The lowest BCUT2D eigenvalue weighted by Crippen LogP contribution is -2.36. The monoisotopic (exact) mass is 2180 g/mol. The number of nitrogen functional groups attached to an aromatic ring is 2. The zero-order chi connectivity index (χ0) is 94.4. The summed E-state index contributed by atoms with van der Waals surface area (Å²) in [5.41, 5.74) is 23.5. The molecule has 2 saturated heterocycles. The van der Waals surface area contributed by atoms with Crippen molar-refractivity contribution in [1.82, 2.24) is 42.4 Å². The summed E-state index contributed by atoms with van der Waals surface area (Å²) in [6.07, 6.45) is 10.5. The number of unbranched alkanes of at least 4 members (excludes halogenated alkanes) is 5. The van der Waals surface area contributed by atoms with Crippen molar-refractivity contribution in [1.29, 1.82) is 0 Å². The number of nitrogens with zero attached hydrogens (tertiary/aromatic N) is 2. The number of thioether (sulfide) groups is 1. The SMILES string of the molecule is CB(O)NCCCCN.COC(=O)c1ccc(C(=O)O)cc1[N+](=O)[O-].COC(=O)c1ccc(CNCCCCNC(=O)OC(C)(C)C)cc1[N+](=O)[O-].NCCCCNCc1ccc(C(=O)O)c(N)c1.Nc1cc(CNCCCCNC(=O)CCCC[C@@H]2SC[C@@H]3NC(=O)N[C@@H]32)ccc1C(=O)O.PP(P)P(P)P(P(P)P)P(P)P.PPP(P)P(P(P)P)P(P)P. The minimum atomic E-state index is -1.31. The first-order chi connectivity index (χ1) is 58.3. The number of nitro groups is 2. The van der Waals surface area contributed by atoms with Crippen molar-refractivity contribution in [3.05, 3.63) is 138 Å². The van der Waals surface area contributed by atoms with Gasteiger partial charge in [-0.05, 0) is 253 Å². The molecular weight excluding hydrogens is 2050 g/mol. The summed E-state index contributed by atoms with van der Waals surface area (Å²) in [5.74, 6) is -3.88. The summed E-state index contributed by atoms with van der Waals surface area (Å²) in [5, 5.41) is 81.6. The molecule has 58 heteroatoms. The van der Waals surface area contributed by atoms with Crippen LogP contribution < -0.4 is 65.4 Å². The van der Waals surface area contributed by atoms with E-state index in [0.717, 1.165) is 147 Å². The van der Waals surface area contributed by atoms with Crippen molar-refractivity contribution in [2.24, 2.45) is 11.5 Å². The number of amides is 4. The van der Waals surface area contributed by atoms with Gasteiger partial charge in [-0.15, -0.1) is 116 Å². The van der Waals surface area contributed by atoms with E-state index in [-0.39, 0.29) is 133 Å². The second kappa shape index (κ2) is 72.1. The molecule has 124 heavy (non-hydrogen) atoms. The first-order valence-corrected chi connectivity index (χ1v) is 79.2. The maximum Gasteiger partial charge on any atom is 0.407 e. The van der Waals surface area contributed by atoms with E-state index in [0.29, 0.717) is 68.7 Å². The fourth-order valence-electron chi connectivity index (χ4n) is 10.4. The van der Waals surface area contributed by atoms with E-state index in [9.17, 15) is 58.6 Å². The van der Waals surface area contributed by atoms with Gasteiger partial charge in [-0.1, -0.05) is 32.6 Å². The van der Waals surface area contributed by atoms with Gasteiger partial charge < -0.3 is 99.9 Å². The highest BCUT2D eigenvalue weighted by molar-refractivity contribution is 9.22. The number of nitrogens with two attached hydrogens (primary N) is 4. The molecule has 2 aliphatic rings. The van der Waals surface area contributed by atoms with Crippen molar-refractivity contribution in [2.75, 3.05) is 83.8 Å². The number of hydrogen-bond donors (Lipinski definition) is 16. The Bertz CT molecular complexity index is 3890. The summed E-state index contributed by atoms with van der Waals surface area (Å²) >= 11 is 1.91. The molecule has 0 saturated carbocycles. The number of methoxy groups -OCH3 is 2. The van der Waals surface area contributed by atoms with Crippen LogP contribution in [0.15, 0.2) is 72.8 Å². The van der Waals surface area contributed by atoms with Crippen LogP contribution in [0.1, 0.15) is 166 Å². The summed E-state index contributed by atoms with van der Waals surface area (Å²) in [6.45, 7) is 16.2. The molecule has 0 spiro atoms. The molecule has 16 unspecified atom stereocenters. The van der Waals surface area contributed by atoms with Crippen LogP contribution in [0.2, 0.25) is 6.82 Å². The third kappa shape index (κ3) is 55.6. The predicted octanol–water partition coefficient (Wildman–Crippen LogP) is 18.3. The third-order valence-corrected chi connectivity index (χ3v) is 143. The molecule has 6 rings (SSSR count). The lowest BCUT2D eigenvalue weighted by molar-refractivity contribution is -0.385. The van der Waals surface area contributed by atoms with Gasteiger partial charge in [-0.25, -0.2) is 33.6 Å². The van der Waals surface area contributed by atoms with Gasteiger partial charge >= 0.3 is 49.0 Å². The molecule has 33 nitrogen and oxygen atoms in total. The van der Waals surface area contributed by atoms with Gasteiger partial charge in [0.15, 0.2) is 0 Å². The number of nitrogens with one attached hydrogen (secondary N) is 8. The molecule has 0 radical (unpaired) electrons. The molecule has 4 aromatic rings. The number of carboxylic acid groups (broad SMARTS) is 3. The number of ether oxygens (including phenoxy) is 3. The fourth-order valence-corrected chi connectivity index (χ4v) is 210. The summed E-state index contributed by atoms with van der Waals surface area (Å²) in [6, 6.07) is 17.8. The fraction of sp³-hybridized carbons (Fsp3) is 0.515. The maximum atomic E-state index is 12.0. The quantitative estimate of drug-likeness (QED) is 0.00225. The van der Waals surface area contributed by atoms with E-state index in [1.54, 1.807) is 57.9 Å². The average molecular weight is 2180 g/mol. The topological polar surface area (TPSA) is 532 Å². The number of urea groups is 1. The molecule has 20 N–H and O–H groups in total. The Kier molecular flexibility index (Phi) is 72.5. The molecule has 4 amide bonds. The van der Waals surface area contributed by atoms with Crippen molar-refractivity contribution in [3.63, 3.8) is 0 Å². The molecule has 2 fully saturated rings. The van der Waals surface area contributed by atoms with Gasteiger partial charge in [-0.2, -0.15) is 11.8 Å². The van der Waals surface area contributed by atoms with Crippen molar-refractivity contribution in [3.8, 4) is 0 Å². The molecule has 0 aromatic heterocycles. The zero-order valence-electron chi connectivity index (χ0n) is 70.3. The Hall–Kier alpha value is 0.665. The lowest BCUT2D eigenvalue weighted by Gasteiger charge is -2.32. The number of carboxylic acids is 3. The number of esters is 2. The van der Waals surface area contributed by atoms with Crippen molar-refractivity contribution >= 4 is 276 Å². The average Bonchev–Trinajstić information content (AvgIpc) is 1.67. The van der Waals surface area contributed by atoms with E-state index in [1.807, 2.05) is 11.8 Å². The molecule has 700 valence electrons. The lowest BCUT2D eigenvalue weighted by atomic mass is 9.89. The third-order valence-electron chi connectivity index (χ3n) is 16.3. The number of alkyl carbamates (subject to hydrolysis) is 1. The van der Waals surface area contributed by atoms with E-state index >= 15 is 0 Å². The number of carbonyl (C=O) groups excluding carboxylic acids is 5. The molecule has 4 aromatic carbocycles. The summed E-state index contributed by atoms with van der Waals surface area (Å²) < 4.78 is 14.0. The van der Waals surface area contributed by atoms with Gasteiger partial charge in [0.05, 0.1) is 52.8 Å². The Morgan fingerprint density at radius 3 is 1.37 bits per heavy atom. The number of fused-ring (bicyclic) bond motifs is 1. The van der Waals surface area contributed by atoms with E-state index in [4.69, 9.17) is 48.0 Å². The second-order valence-electron chi connectivity index (χ2n) is 27.3. The normalized spacial score (nSPS) is 14.2. The first-order valence-electron chi connectivity index (χ1n) is 38.0. The van der Waals surface area contributed by atoms with Crippen molar-refractivity contribution < 1.29 is 82.8 Å². The maximum absolute atomic E-state index is 12.0. The first kappa shape index (κ1) is 125. The van der Waals surface area contributed by atoms with Crippen LogP contribution in [-0.4, -0.2) is 180 Å². The number of anilines is 2. The number of benzene rings is 4. The van der Waals surface area contributed by atoms with Gasteiger partial charge in [0.2, 0.25) is 5.91 Å². The number of aromatic carboxylic acids is 3. The minimum Gasteiger partial charge on any atom is -0.478 e. The van der Waals surface area contributed by atoms with Crippen LogP contribution in [0.5, 0.6) is 0 Å². The van der Waals surface area contributed by atoms with E-state index in [1.165, 1.54) is 31.4 Å². The number of nitro benzene ring substituents is 2. The number of carbonyl (C=O) groups is 8. The molecule has 2 aliphatic heterocycles. The standard InChI is InChI=1S/C22H33N5O4S.C18H27N3O6.C12H19N3O2.C9H7NO6.C5H15BN2O.H14P12.H13P11/c23-16-11-14(7-8-15(16)21(29)30)12-24-9-3-4-10-25-19(28)6-2-1-5-18-20-17(13-32-18)26-22(31)27-20;1-18(2,3)27-17(23)20-10-6-5-9-19-12-13-7-8-14(16(22)26-4)15(11-13)21(24)25;13-5-1-2-6-15-8-9-3-4-10(12(16)17)11(14)7-9;1-16-9(13)6-3-2-5(8(11)12)4-7(6)10(14)15;1-6(9)8-5-3-2-4-7;1-8(2)11(7)12(9(3)4)10(5)6;1-7-10(6)11(8(2)3)9(4)5/h7-8,11,17-18,20,24H,1-6,9-10,12-13,23H2,(H,25,28)(H,29,30)(H2,26,27,31);7-8,11,19H,5-6,9-10,12H2,1-4H3,(H,20,23);3-4,7,15H,1-2,5-6,8,13-14H2,(H,16,17);2-4H,1H3,(H,11,12);8-9H,2-5,7H2,1H3;1-7H2;7H,1-6H2/t17-,18-,20-;;;;;;/m0....../s1. The molecule has 2 heterocycles. The van der Waals surface area contributed by atoms with Gasteiger partial charge in [0.1, 0.15) is 16.7 Å². The predicted molar refractivity (Wildman–Crippen MR) is 581 cm³/mol. The highest BCUT2D eigenvalue weighted by atomic mass is 33.3. The van der Waals surface area contributed by atoms with Crippen LogP contribution in [0.3, 0.4) is 0 Å². The Balaban J connectivity index is 0.00000149. The van der Waals surface area contributed by atoms with E-state index in [2.05, 4.69) is 168 Å². The van der Waals surface area contributed by atoms with Crippen LogP contribution in [0, 0.1) is 20.2 Å². The highest BCUT2D eigenvalue weighted by Crippen LogP contribution is 3.16. The Labute approximate surface area is 775 Å².